The van der Waals surface area contributed by atoms with Gasteiger partial charge in [0.2, 0.25) is 5.91 Å². The third-order valence-corrected chi connectivity index (χ3v) is 5.18. The number of fused-ring (bicyclic) bond motifs is 1. The van der Waals surface area contributed by atoms with Crippen molar-refractivity contribution in [1.29, 1.82) is 0 Å². The molecule has 3 heteroatoms. The van der Waals surface area contributed by atoms with Gasteiger partial charge in [0.05, 0.1) is 0 Å². The maximum absolute atomic E-state index is 12.8. The Hall–Kier alpha value is -1.51. The molecule has 0 radical (unpaired) electrons. The van der Waals surface area contributed by atoms with Crippen molar-refractivity contribution in [2.45, 2.75) is 46.1 Å². The summed E-state index contributed by atoms with van der Waals surface area (Å²) < 4.78 is 0. The predicted molar refractivity (Wildman–Crippen MR) is 81.1 cm³/mol. The van der Waals surface area contributed by atoms with Crippen LogP contribution in [0.3, 0.4) is 0 Å². The highest BCUT2D eigenvalue weighted by molar-refractivity contribution is 5.80. The minimum absolute atomic E-state index is 0.152. The molecule has 1 fully saturated rings. The van der Waals surface area contributed by atoms with Gasteiger partial charge in [0.15, 0.2) is 0 Å². The molecule has 2 N–H and O–H groups in total. The van der Waals surface area contributed by atoms with Gasteiger partial charge in [-0.2, -0.15) is 0 Å². The van der Waals surface area contributed by atoms with Crippen LogP contribution in [0.5, 0.6) is 0 Å². The van der Waals surface area contributed by atoms with Gasteiger partial charge >= 0.3 is 0 Å². The Morgan fingerprint density at radius 1 is 1.40 bits per heavy atom. The molecule has 1 aromatic rings. The van der Waals surface area contributed by atoms with E-state index in [0.29, 0.717) is 12.5 Å². The Morgan fingerprint density at radius 3 is 2.90 bits per heavy atom. The Kier molecular flexibility index (Phi) is 3.23. The summed E-state index contributed by atoms with van der Waals surface area (Å²) in [5, 5.41) is 0. The van der Waals surface area contributed by atoms with Gasteiger partial charge in [0.1, 0.15) is 0 Å². The molecule has 1 unspecified atom stereocenters. The fourth-order valence-corrected chi connectivity index (χ4v) is 3.80. The van der Waals surface area contributed by atoms with E-state index in [9.17, 15) is 4.79 Å². The fourth-order valence-electron chi connectivity index (χ4n) is 3.80. The number of carbonyl (C=O) groups is 1. The van der Waals surface area contributed by atoms with Gasteiger partial charge in [-0.15, -0.1) is 0 Å². The topological polar surface area (TPSA) is 46.3 Å². The molecule has 1 heterocycles. The van der Waals surface area contributed by atoms with Gasteiger partial charge in [-0.05, 0) is 41.9 Å². The smallest absolute Gasteiger partial charge is 0.226 e. The van der Waals surface area contributed by atoms with Gasteiger partial charge in [-0.3, -0.25) is 4.79 Å². The van der Waals surface area contributed by atoms with Crippen LogP contribution in [-0.2, 0) is 17.8 Å². The quantitative estimate of drug-likeness (QED) is 0.799. The van der Waals surface area contributed by atoms with Gasteiger partial charge in [0.25, 0.3) is 0 Å². The van der Waals surface area contributed by atoms with E-state index in [-0.39, 0.29) is 11.3 Å². The van der Waals surface area contributed by atoms with E-state index in [2.05, 4.69) is 19.9 Å². The number of nitrogens with zero attached hydrogens (tertiary/aromatic N) is 1. The summed E-state index contributed by atoms with van der Waals surface area (Å²) in [5.74, 6) is 0.524. The molecule has 3 nitrogen and oxygen atoms in total. The Balaban J connectivity index is 1.80. The summed E-state index contributed by atoms with van der Waals surface area (Å²) in [6.07, 6.45) is 4.31. The summed E-state index contributed by atoms with van der Waals surface area (Å²) in [4.78, 5) is 14.8. The van der Waals surface area contributed by atoms with E-state index in [1.807, 2.05) is 17.0 Å². The van der Waals surface area contributed by atoms with Crippen molar-refractivity contribution in [3.63, 3.8) is 0 Å². The van der Waals surface area contributed by atoms with E-state index in [1.54, 1.807) is 0 Å². The molecular formula is C17H24N2O. The minimum atomic E-state index is 0.152. The van der Waals surface area contributed by atoms with Crippen molar-refractivity contribution in [1.82, 2.24) is 4.90 Å². The predicted octanol–water partition coefficient (Wildman–Crippen LogP) is 2.98. The van der Waals surface area contributed by atoms with E-state index in [1.165, 1.54) is 12.0 Å². The molecule has 1 aliphatic carbocycles. The van der Waals surface area contributed by atoms with Crippen LogP contribution >= 0.6 is 0 Å². The second-order valence-electron chi connectivity index (χ2n) is 6.93. The second-order valence-corrected chi connectivity index (χ2v) is 6.93. The normalized spacial score (nSPS) is 24.5. The molecule has 1 saturated carbocycles. The number of amides is 1. The van der Waals surface area contributed by atoms with Crippen molar-refractivity contribution in [2.24, 2.45) is 11.3 Å². The lowest BCUT2D eigenvalue weighted by Gasteiger charge is -2.35. The SMILES string of the molecule is CC1(C)CCCC1C(=O)N1CCc2cccc(N)c2C1. The molecule has 2 aliphatic rings. The number of nitrogens with two attached hydrogens (primary N) is 1. The summed E-state index contributed by atoms with van der Waals surface area (Å²) in [7, 11) is 0. The van der Waals surface area contributed by atoms with Crippen LogP contribution in [0.15, 0.2) is 18.2 Å². The maximum atomic E-state index is 12.8. The van der Waals surface area contributed by atoms with E-state index in [0.717, 1.165) is 37.1 Å². The highest BCUT2D eigenvalue weighted by atomic mass is 16.2. The number of carbonyl (C=O) groups excluding carboxylic acids is 1. The molecule has 1 aliphatic heterocycles. The average Bonchev–Trinajstić information content (AvgIpc) is 2.78. The summed E-state index contributed by atoms with van der Waals surface area (Å²) in [6, 6.07) is 6.07. The molecule has 20 heavy (non-hydrogen) atoms. The fraction of sp³-hybridized carbons (Fsp3) is 0.588. The largest absolute Gasteiger partial charge is 0.398 e. The molecule has 0 bridgehead atoms. The molecule has 1 aromatic carbocycles. The molecule has 108 valence electrons. The van der Waals surface area contributed by atoms with E-state index < -0.39 is 0 Å². The first kappa shape index (κ1) is 13.5. The Bertz CT molecular complexity index is 536. The van der Waals surface area contributed by atoms with E-state index in [4.69, 9.17) is 5.73 Å². The van der Waals surface area contributed by atoms with Crippen LogP contribution in [0.4, 0.5) is 5.69 Å². The first-order chi connectivity index (χ1) is 9.49. The lowest BCUT2D eigenvalue weighted by Crippen LogP contribution is -2.42. The molecule has 0 spiro atoms. The molecule has 3 rings (SSSR count). The standard InChI is InChI=1S/C17H24N2O/c1-17(2)9-4-6-14(17)16(20)19-10-8-12-5-3-7-15(18)13(12)11-19/h3,5,7,14H,4,6,8-11,18H2,1-2H3. The third-order valence-electron chi connectivity index (χ3n) is 5.18. The first-order valence-electron chi connectivity index (χ1n) is 7.64. The average molecular weight is 272 g/mol. The lowest BCUT2D eigenvalue weighted by atomic mass is 9.80. The number of benzene rings is 1. The van der Waals surface area contributed by atoms with Crippen LogP contribution in [0.25, 0.3) is 0 Å². The van der Waals surface area contributed by atoms with Crippen molar-refractivity contribution in [3.8, 4) is 0 Å². The highest BCUT2D eigenvalue weighted by Crippen LogP contribution is 2.44. The van der Waals surface area contributed by atoms with E-state index >= 15 is 0 Å². The molecular weight excluding hydrogens is 248 g/mol. The number of rotatable bonds is 1. The number of nitrogen functional groups attached to an aromatic ring is 1. The van der Waals surface area contributed by atoms with Gasteiger partial charge < -0.3 is 10.6 Å². The highest BCUT2D eigenvalue weighted by Gasteiger charge is 2.41. The zero-order valence-electron chi connectivity index (χ0n) is 12.5. The summed E-state index contributed by atoms with van der Waals surface area (Å²) in [6.45, 7) is 5.99. The van der Waals surface area contributed by atoms with Crippen molar-refractivity contribution < 1.29 is 4.79 Å². The zero-order valence-corrected chi connectivity index (χ0v) is 12.5. The molecule has 0 saturated heterocycles. The minimum Gasteiger partial charge on any atom is -0.398 e. The summed E-state index contributed by atoms with van der Waals surface area (Å²) in [5.41, 5.74) is 9.51. The van der Waals surface area contributed by atoms with Crippen LogP contribution in [0, 0.1) is 11.3 Å². The lowest BCUT2D eigenvalue weighted by molar-refractivity contribution is -0.139. The third kappa shape index (κ3) is 2.19. The first-order valence-corrected chi connectivity index (χ1v) is 7.64. The van der Waals surface area contributed by atoms with Crippen LogP contribution in [-0.4, -0.2) is 17.4 Å². The van der Waals surface area contributed by atoms with Gasteiger partial charge in [0, 0.05) is 24.7 Å². The van der Waals surface area contributed by atoms with Crippen LogP contribution in [0.1, 0.15) is 44.2 Å². The molecule has 0 aromatic heterocycles. The van der Waals surface area contributed by atoms with Crippen LogP contribution in [0.2, 0.25) is 0 Å². The monoisotopic (exact) mass is 272 g/mol. The molecule has 1 amide bonds. The number of anilines is 1. The van der Waals surface area contributed by atoms with Gasteiger partial charge in [-0.25, -0.2) is 0 Å². The van der Waals surface area contributed by atoms with Crippen LogP contribution < -0.4 is 5.73 Å². The second kappa shape index (κ2) is 4.80. The van der Waals surface area contributed by atoms with Crippen molar-refractivity contribution >= 4 is 11.6 Å². The maximum Gasteiger partial charge on any atom is 0.226 e. The Morgan fingerprint density at radius 2 is 2.20 bits per heavy atom. The number of hydrogen-bond acceptors (Lipinski definition) is 2. The Labute approximate surface area is 121 Å². The van der Waals surface area contributed by atoms with Gasteiger partial charge in [-0.1, -0.05) is 32.4 Å². The number of hydrogen-bond donors (Lipinski definition) is 1. The van der Waals surface area contributed by atoms with Crippen molar-refractivity contribution in [3.05, 3.63) is 29.3 Å². The summed E-state index contributed by atoms with van der Waals surface area (Å²) >= 11 is 0. The zero-order chi connectivity index (χ0) is 14.3. The molecule has 1 atom stereocenters. The van der Waals surface area contributed by atoms with Crippen molar-refractivity contribution in [2.75, 3.05) is 12.3 Å².